The lowest BCUT2D eigenvalue weighted by atomic mass is 10.1. The van der Waals surface area contributed by atoms with Gasteiger partial charge in [0, 0.05) is 6.42 Å². The smallest absolute Gasteiger partial charge is 0.305 e. The third kappa shape index (κ3) is 10.6. The minimum atomic E-state index is -0.527. The molecule has 1 rings (SSSR count). The average molecular weight is 348 g/mol. The minimum Gasteiger partial charge on any atom is -0.491 e. The number of unbranched alkanes of at least 4 members (excludes halogenated alkanes) is 3. The van der Waals surface area contributed by atoms with Gasteiger partial charge in [-0.05, 0) is 49.8 Å². The van der Waals surface area contributed by atoms with E-state index in [1.165, 1.54) is 31.9 Å². The molecule has 0 aliphatic carbocycles. The Bertz CT molecular complexity index is 493. The van der Waals surface area contributed by atoms with Crippen LogP contribution in [0.1, 0.15) is 57.4 Å². The van der Waals surface area contributed by atoms with Crippen molar-refractivity contribution in [2.75, 3.05) is 13.7 Å². The van der Waals surface area contributed by atoms with Crippen molar-refractivity contribution in [3.05, 3.63) is 42.0 Å². The number of rotatable bonds is 13. The summed E-state index contributed by atoms with van der Waals surface area (Å²) >= 11 is 0. The Balaban J connectivity index is 2.16. The maximum Gasteiger partial charge on any atom is 0.305 e. The Kier molecular flexibility index (Phi) is 11.4. The van der Waals surface area contributed by atoms with E-state index in [1.807, 2.05) is 24.3 Å². The third-order valence-corrected chi connectivity index (χ3v) is 3.99. The topological polar surface area (TPSA) is 55.8 Å². The van der Waals surface area contributed by atoms with E-state index in [-0.39, 0.29) is 12.6 Å². The molecule has 0 fully saturated rings. The molecule has 0 aromatic heterocycles. The third-order valence-electron chi connectivity index (χ3n) is 3.99. The number of allylic oxidation sites excluding steroid dienone is 1. The molecule has 0 saturated carbocycles. The van der Waals surface area contributed by atoms with Gasteiger partial charge in [-0.1, -0.05) is 44.1 Å². The summed E-state index contributed by atoms with van der Waals surface area (Å²) in [4.78, 5) is 11.0. The van der Waals surface area contributed by atoms with E-state index in [1.54, 1.807) is 0 Å². The van der Waals surface area contributed by atoms with Gasteiger partial charge in [0.2, 0.25) is 0 Å². The van der Waals surface area contributed by atoms with Gasteiger partial charge in [-0.15, -0.1) is 0 Å². The number of carbonyl (C=O) groups excluding carboxylic acids is 1. The number of aliphatic hydroxyl groups excluding tert-OH is 1. The van der Waals surface area contributed by atoms with Crippen molar-refractivity contribution in [3.63, 3.8) is 0 Å². The molecule has 1 N–H and O–H groups in total. The Hall–Kier alpha value is -1.81. The van der Waals surface area contributed by atoms with Crippen LogP contribution < -0.4 is 4.74 Å². The normalized spacial score (nSPS) is 12.3. The molecule has 0 heterocycles. The molecule has 1 atom stereocenters. The second-order valence-electron chi connectivity index (χ2n) is 6.24. The summed E-state index contributed by atoms with van der Waals surface area (Å²) in [6.07, 6.45) is 10.8. The summed E-state index contributed by atoms with van der Waals surface area (Å²) in [5.41, 5.74) is 1.33. The van der Waals surface area contributed by atoms with Gasteiger partial charge in [-0.25, -0.2) is 0 Å². The van der Waals surface area contributed by atoms with Gasteiger partial charge in [0.1, 0.15) is 12.4 Å². The number of carbonyl (C=O) groups is 1. The Morgan fingerprint density at radius 2 is 1.92 bits per heavy atom. The number of aliphatic hydroxyl groups is 1. The van der Waals surface area contributed by atoms with Crippen LogP contribution in [0.4, 0.5) is 0 Å². The summed E-state index contributed by atoms with van der Waals surface area (Å²) < 4.78 is 10.2. The van der Waals surface area contributed by atoms with Crippen LogP contribution in [-0.4, -0.2) is 30.9 Å². The van der Waals surface area contributed by atoms with Gasteiger partial charge >= 0.3 is 5.97 Å². The highest BCUT2D eigenvalue weighted by molar-refractivity contribution is 5.69. The Morgan fingerprint density at radius 1 is 1.16 bits per heavy atom. The fourth-order valence-corrected chi connectivity index (χ4v) is 2.43. The molecule has 25 heavy (non-hydrogen) atoms. The summed E-state index contributed by atoms with van der Waals surface area (Å²) in [5.74, 6) is 0.610. The molecule has 4 nitrogen and oxygen atoms in total. The number of aryl methyl sites for hydroxylation is 1. The fraction of sp³-hybridized carbons (Fsp3) is 0.571. The van der Waals surface area contributed by atoms with Crippen molar-refractivity contribution in [2.24, 2.45) is 0 Å². The Morgan fingerprint density at radius 3 is 2.60 bits per heavy atom. The zero-order valence-electron chi connectivity index (χ0n) is 15.6. The summed E-state index contributed by atoms with van der Waals surface area (Å²) in [7, 11) is 1.40. The van der Waals surface area contributed by atoms with Crippen LogP contribution in [0.5, 0.6) is 5.75 Å². The number of methoxy groups -OCH3 is 1. The molecule has 0 amide bonds. The highest BCUT2D eigenvalue weighted by Crippen LogP contribution is 2.15. The van der Waals surface area contributed by atoms with Crippen LogP contribution in [0.3, 0.4) is 0 Å². The molecule has 4 heteroatoms. The molecule has 1 unspecified atom stereocenters. The molecule has 0 spiro atoms. The fourth-order valence-electron chi connectivity index (χ4n) is 2.43. The lowest BCUT2D eigenvalue weighted by Crippen LogP contribution is -2.16. The number of esters is 1. The predicted octanol–water partition coefficient (Wildman–Crippen LogP) is 4.45. The van der Waals surface area contributed by atoms with E-state index in [0.717, 1.165) is 25.0 Å². The van der Waals surface area contributed by atoms with Crippen LogP contribution in [0.2, 0.25) is 0 Å². The van der Waals surface area contributed by atoms with E-state index >= 15 is 0 Å². The monoisotopic (exact) mass is 348 g/mol. The summed E-state index contributed by atoms with van der Waals surface area (Å²) in [6.45, 7) is 2.49. The van der Waals surface area contributed by atoms with Crippen molar-refractivity contribution in [1.29, 1.82) is 0 Å². The first-order chi connectivity index (χ1) is 12.2. The van der Waals surface area contributed by atoms with Crippen LogP contribution >= 0.6 is 0 Å². The minimum absolute atomic E-state index is 0.182. The first-order valence-corrected chi connectivity index (χ1v) is 9.27. The van der Waals surface area contributed by atoms with Gasteiger partial charge in [-0.2, -0.15) is 0 Å². The van der Waals surface area contributed by atoms with Crippen molar-refractivity contribution >= 4 is 5.97 Å². The summed E-state index contributed by atoms with van der Waals surface area (Å²) in [6, 6.07) is 8.13. The SMILES string of the molecule is CCCCCc1ccc(OCC(O)C/C=C\CCCC(=O)OC)cc1. The number of hydrogen-bond acceptors (Lipinski definition) is 4. The lowest BCUT2D eigenvalue weighted by molar-refractivity contribution is -0.140. The molecule has 140 valence electrons. The standard InChI is InChI=1S/C21H32O4/c1-3-4-7-10-18-13-15-20(16-14-18)25-17-19(22)11-8-5-6-9-12-21(23)24-2/h5,8,13-16,19,22H,3-4,6-7,9-12,17H2,1-2H3/b8-5-. The second-order valence-corrected chi connectivity index (χ2v) is 6.24. The van der Waals surface area contributed by atoms with E-state index in [9.17, 15) is 9.90 Å². The number of benzene rings is 1. The van der Waals surface area contributed by atoms with Crippen LogP contribution in [-0.2, 0) is 16.0 Å². The first kappa shape index (κ1) is 21.2. The molecular weight excluding hydrogens is 316 g/mol. The molecule has 0 bridgehead atoms. The zero-order chi connectivity index (χ0) is 18.3. The molecule has 1 aromatic carbocycles. The van der Waals surface area contributed by atoms with Gasteiger partial charge in [-0.3, -0.25) is 4.79 Å². The van der Waals surface area contributed by atoms with Crippen LogP contribution in [0.25, 0.3) is 0 Å². The second kappa shape index (κ2) is 13.5. The van der Waals surface area contributed by atoms with Crippen molar-refractivity contribution in [2.45, 2.75) is 64.4 Å². The van der Waals surface area contributed by atoms with Crippen LogP contribution in [0.15, 0.2) is 36.4 Å². The van der Waals surface area contributed by atoms with Gasteiger partial charge in [0.25, 0.3) is 0 Å². The maximum atomic E-state index is 11.0. The highest BCUT2D eigenvalue weighted by atomic mass is 16.5. The van der Waals surface area contributed by atoms with E-state index in [4.69, 9.17) is 4.74 Å². The zero-order valence-corrected chi connectivity index (χ0v) is 15.6. The predicted molar refractivity (Wildman–Crippen MR) is 101 cm³/mol. The number of ether oxygens (including phenoxy) is 2. The van der Waals surface area contributed by atoms with Gasteiger partial charge < -0.3 is 14.6 Å². The van der Waals surface area contributed by atoms with Crippen LogP contribution in [0, 0.1) is 0 Å². The van der Waals surface area contributed by atoms with Gasteiger partial charge in [0.15, 0.2) is 0 Å². The molecule has 0 aliphatic heterocycles. The molecular formula is C21H32O4. The highest BCUT2D eigenvalue weighted by Gasteiger charge is 2.03. The maximum absolute atomic E-state index is 11.0. The van der Waals surface area contributed by atoms with E-state index in [0.29, 0.717) is 12.8 Å². The first-order valence-electron chi connectivity index (χ1n) is 9.27. The lowest BCUT2D eigenvalue weighted by Gasteiger charge is -2.11. The van der Waals surface area contributed by atoms with E-state index < -0.39 is 6.10 Å². The largest absolute Gasteiger partial charge is 0.491 e. The summed E-state index contributed by atoms with van der Waals surface area (Å²) in [5, 5.41) is 9.94. The molecule has 1 aromatic rings. The quantitative estimate of drug-likeness (QED) is 0.325. The van der Waals surface area contributed by atoms with Crippen molar-refractivity contribution < 1.29 is 19.4 Å². The van der Waals surface area contributed by atoms with Crippen molar-refractivity contribution in [1.82, 2.24) is 0 Å². The van der Waals surface area contributed by atoms with Gasteiger partial charge in [0.05, 0.1) is 13.2 Å². The number of hydrogen-bond donors (Lipinski definition) is 1. The van der Waals surface area contributed by atoms with Crippen molar-refractivity contribution in [3.8, 4) is 5.75 Å². The average Bonchev–Trinajstić information content (AvgIpc) is 2.63. The Labute approximate surface area is 151 Å². The molecule has 0 radical (unpaired) electrons. The molecule has 0 saturated heterocycles. The molecule has 0 aliphatic rings. The van der Waals surface area contributed by atoms with E-state index in [2.05, 4.69) is 23.8 Å².